The first-order chi connectivity index (χ1) is 14.0. The van der Waals surface area contributed by atoms with E-state index in [4.69, 9.17) is 10.5 Å². The molecular formula is C21H16BrN5O2. The summed E-state index contributed by atoms with van der Waals surface area (Å²) in [7, 11) is 0. The van der Waals surface area contributed by atoms with Crippen molar-refractivity contribution in [3.63, 3.8) is 0 Å². The van der Waals surface area contributed by atoms with E-state index < -0.39 is 5.91 Å². The highest BCUT2D eigenvalue weighted by Gasteiger charge is 2.06. The van der Waals surface area contributed by atoms with Crippen LogP contribution in [0, 0.1) is 0 Å². The molecular weight excluding hydrogens is 434 g/mol. The predicted molar refractivity (Wildman–Crippen MR) is 114 cm³/mol. The molecule has 0 unspecified atom stereocenters. The van der Waals surface area contributed by atoms with Crippen LogP contribution in [-0.4, -0.2) is 20.9 Å². The number of carbonyl (C=O) groups is 1. The Morgan fingerprint density at radius 2 is 1.83 bits per heavy atom. The van der Waals surface area contributed by atoms with Crippen molar-refractivity contribution < 1.29 is 9.53 Å². The Hall–Kier alpha value is -3.52. The number of aromatic nitrogens is 3. The molecule has 1 amide bonds. The van der Waals surface area contributed by atoms with Crippen molar-refractivity contribution in [3.8, 4) is 11.5 Å². The second-order valence-corrected chi connectivity index (χ2v) is 7.19. The molecule has 4 aromatic rings. The summed E-state index contributed by atoms with van der Waals surface area (Å²) in [6.45, 7) is 0. The Bertz CT molecular complexity index is 1180. The van der Waals surface area contributed by atoms with E-state index in [-0.39, 0.29) is 6.42 Å². The number of rotatable bonds is 6. The number of hydrogen-bond donors (Lipinski definition) is 2. The molecule has 3 N–H and O–H groups in total. The topological polar surface area (TPSA) is 103 Å². The number of nitrogens with one attached hydrogen (secondary N) is 1. The Morgan fingerprint density at radius 3 is 2.62 bits per heavy atom. The fourth-order valence-corrected chi connectivity index (χ4v) is 2.99. The zero-order valence-corrected chi connectivity index (χ0v) is 16.8. The summed E-state index contributed by atoms with van der Waals surface area (Å²) in [5, 5.41) is 4.02. The molecule has 0 aliphatic rings. The van der Waals surface area contributed by atoms with E-state index in [0.29, 0.717) is 23.1 Å². The van der Waals surface area contributed by atoms with Gasteiger partial charge in [0.25, 0.3) is 0 Å². The largest absolute Gasteiger partial charge is 0.457 e. The van der Waals surface area contributed by atoms with Gasteiger partial charge in [0, 0.05) is 34.0 Å². The molecule has 144 valence electrons. The lowest BCUT2D eigenvalue weighted by molar-refractivity contribution is -0.117. The van der Waals surface area contributed by atoms with Gasteiger partial charge in [0.05, 0.1) is 17.6 Å². The molecule has 0 radical (unpaired) electrons. The average molecular weight is 450 g/mol. The van der Waals surface area contributed by atoms with Gasteiger partial charge in [-0.05, 0) is 48.5 Å². The number of nitrogens with two attached hydrogens (primary N) is 1. The monoisotopic (exact) mass is 449 g/mol. The average Bonchev–Trinajstić information content (AvgIpc) is 2.70. The molecule has 0 atom stereocenters. The van der Waals surface area contributed by atoms with E-state index in [9.17, 15) is 4.79 Å². The van der Waals surface area contributed by atoms with Crippen molar-refractivity contribution in [1.82, 2.24) is 15.0 Å². The third-order valence-corrected chi connectivity index (χ3v) is 4.56. The van der Waals surface area contributed by atoms with Gasteiger partial charge in [-0.25, -0.2) is 9.97 Å². The van der Waals surface area contributed by atoms with Crippen LogP contribution in [0.4, 0.5) is 11.6 Å². The number of ether oxygens (including phenoxy) is 1. The summed E-state index contributed by atoms with van der Waals surface area (Å²) in [6, 6.07) is 16.7. The van der Waals surface area contributed by atoms with Gasteiger partial charge in [0.1, 0.15) is 11.5 Å². The van der Waals surface area contributed by atoms with Crippen molar-refractivity contribution >= 4 is 44.4 Å². The molecule has 2 heterocycles. The van der Waals surface area contributed by atoms with Crippen LogP contribution in [0.1, 0.15) is 5.69 Å². The molecule has 7 nitrogen and oxygen atoms in total. The number of halogens is 1. The minimum atomic E-state index is -0.440. The van der Waals surface area contributed by atoms with Crippen molar-refractivity contribution in [2.24, 2.45) is 5.73 Å². The third kappa shape index (κ3) is 4.85. The quantitative estimate of drug-likeness (QED) is 0.453. The molecule has 4 rings (SSSR count). The SMILES string of the molecule is NC(=O)Cc1cc(Oc2ccc3nc(Nc4ccc(Br)cc4)ncc3c2)ccn1. The molecule has 2 aromatic carbocycles. The van der Waals surface area contributed by atoms with Crippen LogP contribution in [0.3, 0.4) is 0 Å². The van der Waals surface area contributed by atoms with Crippen LogP contribution in [0.2, 0.25) is 0 Å². The van der Waals surface area contributed by atoms with Gasteiger partial charge in [-0.15, -0.1) is 0 Å². The van der Waals surface area contributed by atoms with E-state index in [0.717, 1.165) is 21.1 Å². The Morgan fingerprint density at radius 1 is 1.03 bits per heavy atom. The number of hydrogen-bond acceptors (Lipinski definition) is 6. The van der Waals surface area contributed by atoms with Crippen LogP contribution in [-0.2, 0) is 11.2 Å². The summed E-state index contributed by atoms with van der Waals surface area (Å²) in [5.74, 6) is 1.28. The number of pyridine rings is 1. The van der Waals surface area contributed by atoms with Gasteiger partial charge in [0.2, 0.25) is 11.9 Å². The summed E-state index contributed by atoms with van der Waals surface area (Å²) in [4.78, 5) is 24.1. The van der Waals surface area contributed by atoms with Crippen LogP contribution >= 0.6 is 15.9 Å². The number of carbonyl (C=O) groups excluding carboxylic acids is 1. The van der Waals surface area contributed by atoms with E-state index in [1.54, 1.807) is 24.5 Å². The fraction of sp³-hybridized carbons (Fsp3) is 0.0476. The van der Waals surface area contributed by atoms with Gasteiger partial charge in [0.15, 0.2) is 0 Å². The Balaban J connectivity index is 1.52. The lowest BCUT2D eigenvalue weighted by Crippen LogP contribution is -2.14. The van der Waals surface area contributed by atoms with Crippen LogP contribution in [0.5, 0.6) is 11.5 Å². The summed E-state index contributed by atoms with van der Waals surface area (Å²) in [6.07, 6.45) is 3.39. The number of primary amides is 1. The molecule has 0 fully saturated rings. The van der Waals surface area contributed by atoms with Crippen LogP contribution < -0.4 is 15.8 Å². The lowest BCUT2D eigenvalue weighted by Gasteiger charge is -2.09. The van der Waals surface area contributed by atoms with E-state index in [1.165, 1.54) is 0 Å². The first-order valence-electron chi connectivity index (χ1n) is 8.76. The maximum atomic E-state index is 11.1. The highest BCUT2D eigenvalue weighted by atomic mass is 79.9. The first-order valence-corrected chi connectivity index (χ1v) is 9.55. The number of fused-ring (bicyclic) bond motifs is 1. The fourth-order valence-electron chi connectivity index (χ4n) is 2.73. The normalized spacial score (nSPS) is 10.7. The Kier molecular flexibility index (Phi) is 5.35. The molecule has 29 heavy (non-hydrogen) atoms. The summed E-state index contributed by atoms with van der Waals surface area (Å²) in [5.41, 5.74) is 7.46. The molecule has 0 saturated heterocycles. The Labute approximate surface area is 175 Å². The molecule has 0 aliphatic carbocycles. The molecule has 0 spiro atoms. The zero-order valence-electron chi connectivity index (χ0n) is 15.2. The number of anilines is 2. The predicted octanol–water partition coefficient (Wildman–Crippen LogP) is 4.35. The highest BCUT2D eigenvalue weighted by molar-refractivity contribution is 9.10. The first kappa shape index (κ1) is 18.8. The third-order valence-electron chi connectivity index (χ3n) is 4.03. The molecule has 0 saturated carbocycles. The van der Waals surface area contributed by atoms with E-state index in [1.807, 2.05) is 42.5 Å². The number of amides is 1. The number of nitrogens with zero attached hydrogens (tertiary/aromatic N) is 3. The minimum Gasteiger partial charge on any atom is -0.457 e. The number of benzene rings is 2. The van der Waals surface area contributed by atoms with Crippen LogP contribution in [0.15, 0.2) is 71.5 Å². The van der Waals surface area contributed by atoms with Crippen molar-refractivity contribution in [1.29, 1.82) is 0 Å². The molecule has 0 bridgehead atoms. The second-order valence-electron chi connectivity index (χ2n) is 6.27. The van der Waals surface area contributed by atoms with E-state index in [2.05, 4.69) is 36.2 Å². The maximum Gasteiger partial charge on any atom is 0.227 e. The van der Waals surface area contributed by atoms with Gasteiger partial charge in [-0.3, -0.25) is 9.78 Å². The van der Waals surface area contributed by atoms with Gasteiger partial charge >= 0.3 is 0 Å². The summed E-state index contributed by atoms with van der Waals surface area (Å²) < 4.78 is 6.88. The highest BCUT2D eigenvalue weighted by Crippen LogP contribution is 2.26. The zero-order chi connectivity index (χ0) is 20.2. The summed E-state index contributed by atoms with van der Waals surface area (Å²) >= 11 is 3.41. The molecule has 8 heteroatoms. The van der Waals surface area contributed by atoms with Gasteiger partial charge in [-0.2, -0.15) is 0 Å². The van der Waals surface area contributed by atoms with Crippen molar-refractivity contribution in [2.45, 2.75) is 6.42 Å². The standard InChI is InChI=1S/C21H16BrN5O2/c22-14-1-3-15(4-2-14)26-21-25-12-13-9-17(5-6-19(13)27-21)29-18-7-8-24-16(10-18)11-20(23)28/h1-10,12H,11H2,(H2,23,28)(H,25,26,27). The lowest BCUT2D eigenvalue weighted by atomic mass is 10.2. The van der Waals surface area contributed by atoms with Crippen LogP contribution in [0.25, 0.3) is 10.9 Å². The molecule has 2 aromatic heterocycles. The second kappa shape index (κ2) is 8.24. The van der Waals surface area contributed by atoms with Crippen molar-refractivity contribution in [2.75, 3.05) is 5.32 Å². The minimum absolute atomic E-state index is 0.0664. The van der Waals surface area contributed by atoms with E-state index >= 15 is 0 Å². The van der Waals surface area contributed by atoms with Gasteiger partial charge in [-0.1, -0.05) is 15.9 Å². The molecule has 0 aliphatic heterocycles. The van der Waals surface area contributed by atoms with Gasteiger partial charge < -0.3 is 15.8 Å². The maximum absolute atomic E-state index is 11.1. The smallest absolute Gasteiger partial charge is 0.227 e. The van der Waals surface area contributed by atoms with Crippen molar-refractivity contribution in [3.05, 3.63) is 77.2 Å².